The minimum Gasteiger partial charge on any atom is -0.494 e. The van der Waals surface area contributed by atoms with E-state index in [1.165, 1.54) is 19.3 Å². The third-order valence-corrected chi connectivity index (χ3v) is 6.20. The molecule has 1 fully saturated rings. The summed E-state index contributed by atoms with van der Waals surface area (Å²) in [5, 5.41) is 12.0. The van der Waals surface area contributed by atoms with Gasteiger partial charge in [0.25, 0.3) is 0 Å². The molecule has 0 bridgehead atoms. The molecule has 8 heteroatoms. The van der Waals surface area contributed by atoms with E-state index < -0.39 is 0 Å². The zero-order valence-electron chi connectivity index (χ0n) is 19.1. The van der Waals surface area contributed by atoms with E-state index in [-0.39, 0.29) is 5.91 Å². The SMILES string of the molecule is CCOc1ccc(OCCNC(=O)CN2CCCC(c3nnc4n3CCCCC4)C2)cc1. The van der Waals surface area contributed by atoms with E-state index in [2.05, 4.69) is 25.0 Å². The number of carbonyl (C=O) groups excluding carboxylic acids is 1. The van der Waals surface area contributed by atoms with Crippen LogP contribution in [-0.4, -0.2) is 65.0 Å². The first kappa shape index (κ1) is 22.6. The molecule has 2 aliphatic rings. The topological polar surface area (TPSA) is 81.5 Å². The van der Waals surface area contributed by atoms with Gasteiger partial charge in [0.2, 0.25) is 5.91 Å². The van der Waals surface area contributed by atoms with Crippen LogP contribution in [0.25, 0.3) is 0 Å². The fourth-order valence-corrected chi connectivity index (χ4v) is 4.64. The number of likely N-dealkylation sites (tertiary alicyclic amines) is 1. The Morgan fingerprint density at radius 2 is 1.88 bits per heavy atom. The molecule has 0 radical (unpaired) electrons. The molecule has 0 saturated carbocycles. The van der Waals surface area contributed by atoms with Crippen LogP contribution in [0.2, 0.25) is 0 Å². The Balaban J connectivity index is 1.19. The number of rotatable bonds is 9. The highest BCUT2D eigenvalue weighted by Crippen LogP contribution is 2.27. The zero-order valence-corrected chi connectivity index (χ0v) is 19.1. The highest BCUT2D eigenvalue weighted by molar-refractivity contribution is 5.78. The number of nitrogens with one attached hydrogen (secondary N) is 1. The number of hydrogen-bond donors (Lipinski definition) is 1. The molecule has 2 aliphatic heterocycles. The van der Waals surface area contributed by atoms with Crippen molar-refractivity contribution in [3.8, 4) is 11.5 Å². The van der Waals surface area contributed by atoms with E-state index in [1.807, 2.05) is 31.2 Å². The van der Waals surface area contributed by atoms with Crippen LogP contribution in [0.3, 0.4) is 0 Å². The minimum absolute atomic E-state index is 0.0426. The molecule has 1 aromatic heterocycles. The van der Waals surface area contributed by atoms with Gasteiger partial charge in [0.05, 0.1) is 19.7 Å². The van der Waals surface area contributed by atoms with Crippen LogP contribution >= 0.6 is 0 Å². The molecule has 8 nitrogen and oxygen atoms in total. The second-order valence-electron chi connectivity index (χ2n) is 8.61. The van der Waals surface area contributed by atoms with E-state index in [0.717, 1.165) is 62.0 Å². The number of aryl methyl sites for hydroxylation is 1. The van der Waals surface area contributed by atoms with Crippen LogP contribution in [0, 0.1) is 0 Å². The van der Waals surface area contributed by atoms with E-state index in [4.69, 9.17) is 9.47 Å². The van der Waals surface area contributed by atoms with Crippen LogP contribution in [0.4, 0.5) is 0 Å². The van der Waals surface area contributed by atoms with Crippen LogP contribution in [0.1, 0.15) is 56.6 Å². The monoisotopic (exact) mass is 441 g/mol. The van der Waals surface area contributed by atoms with Crippen LogP contribution < -0.4 is 14.8 Å². The number of fused-ring (bicyclic) bond motifs is 1. The van der Waals surface area contributed by atoms with Crippen molar-refractivity contribution in [2.75, 3.05) is 39.4 Å². The van der Waals surface area contributed by atoms with Gasteiger partial charge < -0.3 is 19.4 Å². The number of amides is 1. The maximum atomic E-state index is 12.5. The van der Waals surface area contributed by atoms with Crippen molar-refractivity contribution in [3.05, 3.63) is 35.9 Å². The van der Waals surface area contributed by atoms with Gasteiger partial charge in [0, 0.05) is 25.4 Å². The first-order valence-corrected chi connectivity index (χ1v) is 12.0. The number of nitrogens with zero attached hydrogens (tertiary/aromatic N) is 4. The molecule has 1 amide bonds. The molecule has 32 heavy (non-hydrogen) atoms. The lowest BCUT2D eigenvalue weighted by molar-refractivity contribution is -0.122. The Labute approximate surface area is 190 Å². The Kier molecular flexibility index (Phi) is 7.98. The molecule has 1 saturated heterocycles. The quantitative estimate of drug-likeness (QED) is 0.603. The summed E-state index contributed by atoms with van der Waals surface area (Å²) in [6.45, 7) is 6.80. The summed E-state index contributed by atoms with van der Waals surface area (Å²) in [7, 11) is 0. The molecule has 2 aromatic rings. The fourth-order valence-electron chi connectivity index (χ4n) is 4.64. The Morgan fingerprint density at radius 3 is 2.69 bits per heavy atom. The highest BCUT2D eigenvalue weighted by atomic mass is 16.5. The summed E-state index contributed by atoms with van der Waals surface area (Å²) in [6, 6.07) is 7.54. The van der Waals surface area contributed by atoms with E-state index in [9.17, 15) is 4.79 Å². The number of carbonyl (C=O) groups is 1. The van der Waals surface area contributed by atoms with Gasteiger partial charge in [-0.15, -0.1) is 10.2 Å². The van der Waals surface area contributed by atoms with Crippen LogP contribution in [0.5, 0.6) is 11.5 Å². The number of benzene rings is 1. The predicted molar refractivity (Wildman–Crippen MR) is 122 cm³/mol. The molecule has 0 aliphatic carbocycles. The maximum absolute atomic E-state index is 12.5. The standard InChI is InChI=1S/C24H35N5O3/c1-2-31-20-9-11-21(12-10-20)32-16-13-25-23(30)18-28-14-6-7-19(17-28)24-27-26-22-8-4-3-5-15-29(22)24/h9-12,19H,2-8,13-18H2,1H3,(H,25,30). The van der Waals surface area contributed by atoms with Gasteiger partial charge in [-0.1, -0.05) is 6.42 Å². The van der Waals surface area contributed by atoms with Crippen LogP contribution in [-0.2, 0) is 17.8 Å². The summed E-state index contributed by atoms with van der Waals surface area (Å²) in [4.78, 5) is 14.7. The van der Waals surface area contributed by atoms with Crippen molar-refractivity contribution < 1.29 is 14.3 Å². The van der Waals surface area contributed by atoms with E-state index in [1.54, 1.807) is 0 Å². The third kappa shape index (κ3) is 6.00. The van der Waals surface area contributed by atoms with Gasteiger partial charge >= 0.3 is 0 Å². The van der Waals surface area contributed by atoms with Gasteiger partial charge in [-0.2, -0.15) is 0 Å². The van der Waals surface area contributed by atoms with Gasteiger partial charge in [0.1, 0.15) is 29.8 Å². The number of ether oxygens (including phenoxy) is 2. The lowest BCUT2D eigenvalue weighted by Crippen LogP contribution is -2.43. The normalized spacial score (nSPS) is 19.1. The van der Waals surface area contributed by atoms with Gasteiger partial charge in [-0.05, 0) is 63.4 Å². The number of piperidine rings is 1. The molecular weight excluding hydrogens is 406 g/mol. The van der Waals surface area contributed by atoms with Crippen molar-refractivity contribution in [1.29, 1.82) is 0 Å². The van der Waals surface area contributed by atoms with E-state index in [0.29, 0.717) is 32.2 Å². The average molecular weight is 442 g/mol. The fraction of sp³-hybridized carbons (Fsp3) is 0.625. The number of aromatic nitrogens is 3. The largest absolute Gasteiger partial charge is 0.494 e. The molecule has 1 atom stereocenters. The molecule has 174 valence electrons. The Bertz CT molecular complexity index is 867. The van der Waals surface area contributed by atoms with Crippen molar-refractivity contribution in [2.45, 2.75) is 57.9 Å². The lowest BCUT2D eigenvalue weighted by Gasteiger charge is -2.31. The first-order chi connectivity index (χ1) is 15.7. The Hall–Kier alpha value is -2.61. The molecule has 1 unspecified atom stereocenters. The minimum atomic E-state index is 0.0426. The Morgan fingerprint density at radius 1 is 1.06 bits per heavy atom. The zero-order chi connectivity index (χ0) is 22.2. The summed E-state index contributed by atoms with van der Waals surface area (Å²) >= 11 is 0. The van der Waals surface area contributed by atoms with Crippen molar-refractivity contribution >= 4 is 5.91 Å². The smallest absolute Gasteiger partial charge is 0.234 e. The average Bonchev–Trinajstić information content (AvgIpc) is 3.06. The summed E-state index contributed by atoms with van der Waals surface area (Å²) in [5.74, 6) is 4.26. The summed E-state index contributed by atoms with van der Waals surface area (Å²) in [5.41, 5.74) is 0. The predicted octanol–water partition coefficient (Wildman–Crippen LogP) is 2.78. The number of hydrogen-bond acceptors (Lipinski definition) is 6. The maximum Gasteiger partial charge on any atom is 0.234 e. The van der Waals surface area contributed by atoms with Gasteiger partial charge in [0.15, 0.2) is 0 Å². The van der Waals surface area contributed by atoms with E-state index >= 15 is 0 Å². The van der Waals surface area contributed by atoms with Gasteiger partial charge in [-0.3, -0.25) is 9.69 Å². The first-order valence-electron chi connectivity index (χ1n) is 12.0. The summed E-state index contributed by atoms with van der Waals surface area (Å²) < 4.78 is 13.5. The van der Waals surface area contributed by atoms with Crippen LogP contribution in [0.15, 0.2) is 24.3 Å². The molecule has 1 aromatic carbocycles. The molecule has 1 N–H and O–H groups in total. The lowest BCUT2D eigenvalue weighted by atomic mass is 9.97. The van der Waals surface area contributed by atoms with Crippen molar-refractivity contribution in [1.82, 2.24) is 25.0 Å². The summed E-state index contributed by atoms with van der Waals surface area (Å²) in [6.07, 6.45) is 6.91. The highest BCUT2D eigenvalue weighted by Gasteiger charge is 2.28. The second kappa shape index (κ2) is 11.3. The molecule has 3 heterocycles. The van der Waals surface area contributed by atoms with Crippen molar-refractivity contribution in [3.63, 3.8) is 0 Å². The van der Waals surface area contributed by atoms with Crippen molar-refractivity contribution in [2.24, 2.45) is 0 Å². The molecular formula is C24H35N5O3. The van der Waals surface area contributed by atoms with Gasteiger partial charge in [-0.25, -0.2) is 0 Å². The second-order valence-corrected chi connectivity index (χ2v) is 8.61. The molecule has 4 rings (SSSR count). The molecule has 0 spiro atoms. The third-order valence-electron chi connectivity index (χ3n) is 6.20.